The number of hydrogen-bond donors (Lipinski definition) is 1. The first-order valence-corrected chi connectivity index (χ1v) is 5.95. The number of aromatic nitrogens is 2. The Balaban J connectivity index is 2.12. The fraction of sp³-hybridized carbons (Fsp3) is 0.357. The van der Waals surface area contributed by atoms with Crippen LogP contribution in [0.1, 0.15) is 19.5 Å². The van der Waals surface area contributed by atoms with Crippen LogP contribution in [-0.2, 0) is 6.42 Å². The molecule has 0 saturated heterocycles. The molecule has 0 aliphatic heterocycles. The zero-order chi connectivity index (χ0) is 12.3. The second kappa shape index (κ2) is 5.15. The lowest BCUT2D eigenvalue weighted by Crippen LogP contribution is -2.15. The monoisotopic (exact) mass is 230 g/mol. The van der Waals surface area contributed by atoms with Crippen molar-refractivity contribution in [1.82, 2.24) is 9.78 Å². The van der Waals surface area contributed by atoms with Crippen LogP contribution in [0.15, 0.2) is 42.6 Å². The van der Waals surface area contributed by atoms with Gasteiger partial charge in [0.15, 0.2) is 0 Å². The molecule has 0 radical (unpaired) electrons. The van der Waals surface area contributed by atoms with E-state index in [1.807, 2.05) is 61.1 Å². The molecule has 0 fully saturated rings. The van der Waals surface area contributed by atoms with Gasteiger partial charge in [-0.15, -0.1) is 0 Å². The topological polar surface area (TPSA) is 38.0 Å². The Morgan fingerprint density at radius 1 is 1.18 bits per heavy atom. The van der Waals surface area contributed by atoms with E-state index in [0.717, 1.165) is 17.8 Å². The van der Waals surface area contributed by atoms with Crippen molar-refractivity contribution in [3.63, 3.8) is 0 Å². The quantitative estimate of drug-likeness (QED) is 0.876. The second-order valence-corrected chi connectivity index (χ2v) is 4.51. The van der Waals surface area contributed by atoms with E-state index in [1.165, 1.54) is 0 Å². The van der Waals surface area contributed by atoms with Gasteiger partial charge in [-0.25, -0.2) is 4.68 Å². The molecule has 0 aliphatic rings. The third-order valence-electron chi connectivity index (χ3n) is 3.02. The highest BCUT2D eigenvalue weighted by molar-refractivity contribution is 5.30. The summed E-state index contributed by atoms with van der Waals surface area (Å²) in [5.74, 6) is 0.231. The van der Waals surface area contributed by atoms with E-state index in [-0.39, 0.29) is 12.0 Å². The predicted molar refractivity (Wildman–Crippen MR) is 68.1 cm³/mol. The predicted octanol–water partition coefficient (Wildman–Crippen LogP) is 2.43. The van der Waals surface area contributed by atoms with Crippen LogP contribution in [0.25, 0.3) is 5.69 Å². The van der Waals surface area contributed by atoms with Gasteiger partial charge in [-0.1, -0.05) is 25.1 Å². The highest BCUT2D eigenvalue weighted by Crippen LogP contribution is 2.12. The molecule has 1 aromatic heterocycles. The van der Waals surface area contributed by atoms with Crippen molar-refractivity contribution in [1.29, 1.82) is 0 Å². The van der Waals surface area contributed by atoms with Crippen molar-refractivity contribution in [2.45, 2.75) is 26.4 Å². The van der Waals surface area contributed by atoms with E-state index in [0.29, 0.717) is 0 Å². The maximum atomic E-state index is 9.47. The standard InChI is InChI=1S/C14H18N2O/c1-11(12(2)17)10-13-8-9-16(15-13)14-6-4-3-5-7-14/h3-9,11-12,17H,10H2,1-2H3. The van der Waals surface area contributed by atoms with Gasteiger partial charge in [0.05, 0.1) is 17.5 Å². The largest absolute Gasteiger partial charge is 0.393 e. The zero-order valence-corrected chi connectivity index (χ0v) is 10.2. The maximum Gasteiger partial charge on any atom is 0.0645 e. The van der Waals surface area contributed by atoms with Crippen molar-refractivity contribution >= 4 is 0 Å². The highest BCUT2D eigenvalue weighted by atomic mass is 16.3. The Hall–Kier alpha value is -1.61. The van der Waals surface area contributed by atoms with Gasteiger partial charge in [0.1, 0.15) is 0 Å². The van der Waals surface area contributed by atoms with Crippen molar-refractivity contribution in [3.05, 3.63) is 48.3 Å². The lowest BCUT2D eigenvalue weighted by molar-refractivity contribution is 0.134. The Labute approximate surface area is 102 Å². The molecule has 0 saturated carbocycles. The minimum absolute atomic E-state index is 0.231. The highest BCUT2D eigenvalue weighted by Gasteiger charge is 2.11. The molecule has 2 rings (SSSR count). The summed E-state index contributed by atoms with van der Waals surface area (Å²) >= 11 is 0. The summed E-state index contributed by atoms with van der Waals surface area (Å²) in [5, 5.41) is 14.0. The summed E-state index contributed by atoms with van der Waals surface area (Å²) in [6.45, 7) is 3.85. The summed E-state index contributed by atoms with van der Waals surface area (Å²) in [4.78, 5) is 0. The van der Waals surface area contributed by atoms with Gasteiger partial charge in [-0.05, 0) is 37.5 Å². The fourth-order valence-corrected chi connectivity index (χ4v) is 1.70. The molecular weight excluding hydrogens is 212 g/mol. The van der Waals surface area contributed by atoms with E-state index in [4.69, 9.17) is 0 Å². The number of aliphatic hydroxyl groups is 1. The third-order valence-corrected chi connectivity index (χ3v) is 3.02. The van der Waals surface area contributed by atoms with Crippen LogP contribution >= 0.6 is 0 Å². The van der Waals surface area contributed by atoms with Crippen LogP contribution < -0.4 is 0 Å². The van der Waals surface area contributed by atoms with Gasteiger partial charge in [-0.2, -0.15) is 5.10 Å². The number of nitrogens with zero attached hydrogens (tertiary/aromatic N) is 2. The summed E-state index contributed by atoms with van der Waals surface area (Å²) in [7, 11) is 0. The molecular formula is C14H18N2O. The average molecular weight is 230 g/mol. The first kappa shape index (κ1) is 11.9. The number of aliphatic hydroxyl groups excluding tert-OH is 1. The summed E-state index contributed by atoms with van der Waals surface area (Å²) in [5.41, 5.74) is 2.07. The van der Waals surface area contributed by atoms with E-state index < -0.39 is 0 Å². The summed E-state index contributed by atoms with van der Waals surface area (Å²) in [6.07, 6.45) is 2.47. The lowest BCUT2D eigenvalue weighted by Gasteiger charge is -2.12. The molecule has 1 aromatic carbocycles. The summed E-state index contributed by atoms with van der Waals surface area (Å²) < 4.78 is 1.87. The van der Waals surface area contributed by atoms with Crippen LogP contribution in [0.4, 0.5) is 0 Å². The first-order valence-electron chi connectivity index (χ1n) is 5.95. The molecule has 3 heteroatoms. The van der Waals surface area contributed by atoms with E-state index in [1.54, 1.807) is 0 Å². The second-order valence-electron chi connectivity index (χ2n) is 4.51. The summed E-state index contributed by atoms with van der Waals surface area (Å²) in [6, 6.07) is 12.0. The van der Waals surface area contributed by atoms with Gasteiger partial charge in [-0.3, -0.25) is 0 Å². The smallest absolute Gasteiger partial charge is 0.0645 e. The van der Waals surface area contributed by atoms with Crippen molar-refractivity contribution in [3.8, 4) is 5.69 Å². The van der Waals surface area contributed by atoms with Crippen molar-refractivity contribution in [2.24, 2.45) is 5.92 Å². The van der Waals surface area contributed by atoms with E-state index in [9.17, 15) is 5.11 Å². The van der Waals surface area contributed by atoms with Crippen LogP contribution in [0.3, 0.4) is 0 Å². The molecule has 1 N–H and O–H groups in total. The molecule has 2 atom stereocenters. The van der Waals surface area contributed by atoms with Crippen LogP contribution in [0.5, 0.6) is 0 Å². The molecule has 2 unspecified atom stereocenters. The number of para-hydroxylation sites is 1. The molecule has 90 valence electrons. The Morgan fingerprint density at radius 2 is 1.88 bits per heavy atom. The fourth-order valence-electron chi connectivity index (χ4n) is 1.70. The van der Waals surface area contributed by atoms with Gasteiger partial charge in [0, 0.05) is 6.20 Å². The molecule has 17 heavy (non-hydrogen) atoms. The normalized spacial score (nSPS) is 14.5. The van der Waals surface area contributed by atoms with Gasteiger partial charge in [0.2, 0.25) is 0 Å². The molecule has 0 amide bonds. The zero-order valence-electron chi connectivity index (χ0n) is 10.2. The Morgan fingerprint density at radius 3 is 2.53 bits per heavy atom. The molecule has 0 bridgehead atoms. The first-order chi connectivity index (χ1) is 8.16. The van der Waals surface area contributed by atoms with Crippen molar-refractivity contribution in [2.75, 3.05) is 0 Å². The van der Waals surface area contributed by atoms with Crippen LogP contribution in [-0.4, -0.2) is 21.0 Å². The van der Waals surface area contributed by atoms with Crippen molar-refractivity contribution < 1.29 is 5.11 Å². The van der Waals surface area contributed by atoms with Crippen LogP contribution in [0, 0.1) is 5.92 Å². The molecule has 0 spiro atoms. The number of rotatable bonds is 4. The molecule has 3 nitrogen and oxygen atoms in total. The van der Waals surface area contributed by atoms with Gasteiger partial charge in [0.25, 0.3) is 0 Å². The average Bonchev–Trinajstić information content (AvgIpc) is 2.78. The third kappa shape index (κ3) is 2.94. The Kier molecular flexibility index (Phi) is 3.59. The van der Waals surface area contributed by atoms with E-state index in [2.05, 4.69) is 5.10 Å². The Bertz CT molecular complexity index is 462. The molecule has 2 aromatic rings. The van der Waals surface area contributed by atoms with Crippen LogP contribution in [0.2, 0.25) is 0 Å². The number of benzene rings is 1. The van der Waals surface area contributed by atoms with Gasteiger partial charge >= 0.3 is 0 Å². The van der Waals surface area contributed by atoms with E-state index >= 15 is 0 Å². The lowest BCUT2D eigenvalue weighted by atomic mass is 10.0. The minimum atomic E-state index is -0.295. The maximum absolute atomic E-state index is 9.47. The van der Waals surface area contributed by atoms with Gasteiger partial charge < -0.3 is 5.11 Å². The molecule has 1 heterocycles. The molecule has 0 aliphatic carbocycles. The minimum Gasteiger partial charge on any atom is -0.393 e. The SMILES string of the molecule is CC(O)C(C)Cc1ccn(-c2ccccc2)n1. The number of hydrogen-bond acceptors (Lipinski definition) is 2.